The number of ketones is 1. The van der Waals surface area contributed by atoms with Crippen molar-refractivity contribution in [2.45, 2.75) is 6.92 Å². The first-order valence-electron chi connectivity index (χ1n) is 8.20. The number of ether oxygens (including phenoxy) is 1. The molecule has 0 fully saturated rings. The van der Waals surface area contributed by atoms with Crippen LogP contribution in [0.5, 0.6) is 5.75 Å². The van der Waals surface area contributed by atoms with E-state index in [1.807, 2.05) is 79.7 Å². The molecule has 0 N–H and O–H groups in total. The number of methoxy groups -OCH3 is 1. The molecule has 0 saturated heterocycles. The van der Waals surface area contributed by atoms with Crippen LogP contribution in [0.25, 0.3) is 11.6 Å². The minimum Gasteiger partial charge on any atom is -0.497 e. The van der Waals surface area contributed by atoms with E-state index in [0.717, 1.165) is 16.9 Å². The van der Waals surface area contributed by atoms with E-state index < -0.39 is 0 Å². The van der Waals surface area contributed by atoms with Gasteiger partial charge >= 0.3 is 0 Å². The van der Waals surface area contributed by atoms with E-state index in [1.54, 1.807) is 19.2 Å². The van der Waals surface area contributed by atoms with Crippen molar-refractivity contribution in [1.82, 2.24) is 0 Å². The predicted octanol–water partition coefficient (Wildman–Crippen LogP) is 5.43. The van der Waals surface area contributed by atoms with Gasteiger partial charge in [-0.3, -0.25) is 4.79 Å². The van der Waals surface area contributed by atoms with Crippen LogP contribution in [0.2, 0.25) is 0 Å². The minimum absolute atomic E-state index is 0.00430. The predicted molar refractivity (Wildman–Crippen MR) is 103 cm³/mol. The maximum absolute atomic E-state index is 13.1. The topological polar surface area (TPSA) is 26.3 Å². The Kier molecular flexibility index (Phi) is 5.10. The van der Waals surface area contributed by atoms with Crippen LogP contribution in [0, 0.1) is 6.92 Å². The number of rotatable bonds is 5. The lowest BCUT2D eigenvalue weighted by molar-refractivity contribution is 0.105. The van der Waals surface area contributed by atoms with Gasteiger partial charge in [0.1, 0.15) is 5.75 Å². The molecule has 0 saturated carbocycles. The molecule has 0 unspecified atom stereocenters. The average Bonchev–Trinajstić information content (AvgIpc) is 2.67. The van der Waals surface area contributed by atoms with E-state index >= 15 is 0 Å². The minimum atomic E-state index is -0.00430. The molecule has 0 radical (unpaired) electrons. The van der Waals surface area contributed by atoms with Crippen LogP contribution in [0.1, 0.15) is 27.0 Å². The molecule has 0 bridgehead atoms. The second kappa shape index (κ2) is 7.63. The molecule has 0 atom stereocenters. The SMILES string of the molecule is COc1ccc(C(=O)/C(=C/c2ccccc2)c2ccc(C)cc2)cc1. The Morgan fingerprint density at radius 1 is 0.800 bits per heavy atom. The molecule has 2 nitrogen and oxygen atoms in total. The Bertz CT molecular complexity index is 874. The van der Waals surface area contributed by atoms with E-state index in [0.29, 0.717) is 11.1 Å². The summed E-state index contributed by atoms with van der Waals surface area (Å²) in [4.78, 5) is 13.1. The Morgan fingerprint density at radius 3 is 2.00 bits per heavy atom. The van der Waals surface area contributed by atoms with Crippen LogP contribution >= 0.6 is 0 Å². The summed E-state index contributed by atoms with van der Waals surface area (Å²) in [5.74, 6) is 0.732. The number of carbonyl (C=O) groups excluding carboxylic acids is 1. The van der Waals surface area contributed by atoms with Gasteiger partial charge in [0.2, 0.25) is 0 Å². The maximum Gasteiger partial charge on any atom is 0.193 e. The molecular formula is C23H20O2. The van der Waals surface area contributed by atoms with Crippen molar-refractivity contribution < 1.29 is 9.53 Å². The fraction of sp³-hybridized carbons (Fsp3) is 0.0870. The summed E-state index contributed by atoms with van der Waals surface area (Å²) in [6.45, 7) is 2.04. The molecule has 0 aromatic heterocycles. The summed E-state index contributed by atoms with van der Waals surface area (Å²) in [5, 5.41) is 0. The number of Topliss-reactive ketones (excluding diaryl/α,β-unsaturated/α-hetero) is 1. The highest BCUT2D eigenvalue weighted by Gasteiger charge is 2.14. The summed E-state index contributed by atoms with van der Waals surface area (Å²) < 4.78 is 5.18. The first-order chi connectivity index (χ1) is 12.2. The second-order valence-corrected chi connectivity index (χ2v) is 5.89. The third kappa shape index (κ3) is 4.04. The van der Waals surface area contributed by atoms with Crippen LogP contribution in [-0.4, -0.2) is 12.9 Å². The highest BCUT2D eigenvalue weighted by Crippen LogP contribution is 2.24. The zero-order chi connectivity index (χ0) is 17.6. The lowest BCUT2D eigenvalue weighted by atomic mass is 9.94. The molecule has 0 aliphatic carbocycles. The first kappa shape index (κ1) is 16.7. The van der Waals surface area contributed by atoms with E-state index in [4.69, 9.17) is 4.74 Å². The number of aryl methyl sites for hydroxylation is 1. The normalized spacial score (nSPS) is 11.2. The van der Waals surface area contributed by atoms with Gasteiger partial charge in [-0.15, -0.1) is 0 Å². The zero-order valence-corrected chi connectivity index (χ0v) is 14.4. The molecule has 0 amide bonds. The smallest absolute Gasteiger partial charge is 0.193 e. The van der Waals surface area contributed by atoms with Gasteiger partial charge in [-0.05, 0) is 48.4 Å². The molecule has 0 aliphatic rings. The summed E-state index contributed by atoms with van der Waals surface area (Å²) in [6, 6.07) is 25.1. The van der Waals surface area contributed by atoms with Gasteiger partial charge in [-0.2, -0.15) is 0 Å². The highest BCUT2D eigenvalue weighted by atomic mass is 16.5. The van der Waals surface area contributed by atoms with Gasteiger partial charge < -0.3 is 4.74 Å². The third-order valence-corrected chi connectivity index (χ3v) is 4.07. The van der Waals surface area contributed by atoms with Gasteiger partial charge in [-0.1, -0.05) is 60.2 Å². The van der Waals surface area contributed by atoms with Crippen molar-refractivity contribution in [3.63, 3.8) is 0 Å². The zero-order valence-electron chi connectivity index (χ0n) is 14.4. The molecule has 2 heteroatoms. The van der Waals surface area contributed by atoms with Crippen molar-refractivity contribution >= 4 is 17.4 Å². The lowest BCUT2D eigenvalue weighted by Crippen LogP contribution is -2.03. The second-order valence-electron chi connectivity index (χ2n) is 5.89. The fourth-order valence-electron chi connectivity index (χ4n) is 2.63. The molecule has 3 aromatic carbocycles. The molecule has 0 aliphatic heterocycles. The maximum atomic E-state index is 13.1. The largest absolute Gasteiger partial charge is 0.497 e. The molecule has 0 heterocycles. The van der Waals surface area contributed by atoms with Gasteiger partial charge in [0.25, 0.3) is 0 Å². The standard InChI is InChI=1S/C23H20O2/c1-17-8-10-19(11-9-17)22(16-18-6-4-3-5-7-18)23(24)20-12-14-21(25-2)15-13-20/h3-16H,1-2H3/b22-16+. The number of allylic oxidation sites excluding steroid dienone is 1. The Morgan fingerprint density at radius 2 is 1.40 bits per heavy atom. The van der Waals surface area contributed by atoms with E-state index in [2.05, 4.69) is 0 Å². The number of hydrogen-bond donors (Lipinski definition) is 0. The third-order valence-electron chi connectivity index (χ3n) is 4.07. The summed E-state index contributed by atoms with van der Waals surface area (Å²) in [6.07, 6.45) is 1.94. The quantitative estimate of drug-likeness (QED) is 0.355. The molecule has 0 spiro atoms. The van der Waals surface area contributed by atoms with Gasteiger partial charge in [0.15, 0.2) is 5.78 Å². The average molecular weight is 328 g/mol. The van der Waals surface area contributed by atoms with Crippen molar-refractivity contribution in [3.05, 3.63) is 101 Å². The molecule has 3 aromatic rings. The van der Waals surface area contributed by atoms with Gasteiger partial charge in [-0.25, -0.2) is 0 Å². The molecule has 25 heavy (non-hydrogen) atoms. The lowest BCUT2D eigenvalue weighted by Gasteiger charge is -2.09. The summed E-state index contributed by atoms with van der Waals surface area (Å²) in [7, 11) is 1.61. The van der Waals surface area contributed by atoms with Gasteiger partial charge in [0, 0.05) is 11.1 Å². The number of benzene rings is 3. The number of hydrogen-bond acceptors (Lipinski definition) is 2. The Hall–Kier alpha value is -3.13. The molecule has 124 valence electrons. The van der Waals surface area contributed by atoms with Crippen LogP contribution in [0.3, 0.4) is 0 Å². The van der Waals surface area contributed by atoms with Crippen molar-refractivity contribution in [2.75, 3.05) is 7.11 Å². The van der Waals surface area contributed by atoms with E-state index in [1.165, 1.54) is 5.56 Å². The van der Waals surface area contributed by atoms with E-state index in [9.17, 15) is 4.79 Å². The van der Waals surface area contributed by atoms with Crippen LogP contribution in [0.15, 0.2) is 78.9 Å². The van der Waals surface area contributed by atoms with Crippen molar-refractivity contribution in [2.24, 2.45) is 0 Å². The van der Waals surface area contributed by atoms with Gasteiger partial charge in [0.05, 0.1) is 7.11 Å². The fourth-order valence-corrected chi connectivity index (χ4v) is 2.63. The van der Waals surface area contributed by atoms with E-state index in [-0.39, 0.29) is 5.78 Å². The van der Waals surface area contributed by atoms with Crippen molar-refractivity contribution in [3.8, 4) is 5.75 Å². The van der Waals surface area contributed by atoms with Crippen LogP contribution in [-0.2, 0) is 0 Å². The highest BCUT2D eigenvalue weighted by molar-refractivity contribution is 6.32. The summed E-state index contributed by atoms with van der Waals surface area (Å²) >= 11 is 0. The number of carbonyl (C=O) groups is 1. The van der Waals surface area contributed by atoms with Crippen molar-refractivity contribution in [1.29, 1.82) is 0 Å². The van der Waals surface area contributed by atoms with Crippen LogP contribution in [0.4, 0.5) is 0 Å². The Balaban J connectivity index is 2.05. The molecule has 3 rings (SSSR count). The Labute approximate surface area is 148 Å². The summed E-state index contributed by atoms with van der Waals surface area (Å²) in [5.41, 5.74) is 4.40. The molecular weight excluding hydrogens is 308 g/mol. The monoisotopic (exact) mass is 328 g/mol. The van der Waals surface area contributed by atoms with Crippen LogP contribution < -0.4 is 4.74 Å². The first-order valence-corrected chi connectivity index (χ1v) is 8.20.